The predicted molar refractivity (Wildman–Crippen MR) is 100 cm³/mol. The summed E-state index contributed by atoms with van der Waals surface area (Å²) in [6, 6.07) is 5.19. The number of nitrogens with two attached hydrogens (primary N) is 1. The maximum absolute atomic E-state index is 12.3. The number of hydrogen-bond donors (Lipinski definition) is 2. The first-order valence-corrected chi connectivity index (χ1v) is 11.6. The quantitative estimate of drug-likeness (QED) is 0.775. The third-order valence-electron chi connectivity index (χ3n) is 3.57. The zero-order chi connectivity index (χ0) is 18.8. The van der Waals surface area contributed by atoms with E-state index >= 15 is 0 Å². The Kier molecular flexibility index (Phi) is 5.54. The van der Waals surface area contributed by atoms with Crippen molar-refractivity contribution in [2.75, 3.05) is 11.1 Å². The fourth-order valence-electron chi connectivity index (χ4n) is 2.66. The van der Waals surface area contributed by atoms with Crippen LogP contribution in [-0.4, -0.2) is 34.7 Å². The molecule has 1 unspecified atom stereocenters. The van der Waals surface area contributed by atoms with Gasteiger partial charge in [0.25, 0.3) is 5.91 Å². The molecule has 1 atom stereocenters. The van der Waals surface area contributed by atoms with E-state index in [4.69, 9.17) is 17.3 Å². The lowest BCUT2D eigenvalue weighted by atomic mass is 10.2. The number of carbonyl (C=O) groups is 2. The van der Waals surface area contributed by atoms with Gasteiger partial charge in [0, 0.05) is 0 Å². The first kappa shape index (κ1) is 19.0. The smallest absolute Gasteiger partial charge is 0.279 e. The number of hydrogen-bond acceptors (Lipinski definition) is 6. The van der Waals surface area contributed by atoms with Crippen molar-refractivity contribution in [1.29, 1.82) is 0 Å². The molecule has 0 aliphatic rings. The Hall–Kier alpha value is -2.32. The molecule has 0 aliphatic carbocycles. The van der Waals surface area contributed by atoms with Crippen molar-refractivity contribution in [1.82, 2.24) is 15.0 Å². The van der Waals surface area contributed by atoms with Crippen LogP contribution in [0.25, 0.3) is 0 Å². The van der Waals surface area contributed by atoms with Crippen molar-refractivity contribution in [3.8, 4) is 0 Å². The molecule has 0 aromatic carbocycles. The van der Waals surface area contributed by atoms with Gasteiger partial charge in [-0.2, -0.15) is 0 Å². The van der Waals surface area contributed by atoms with Gasteiger partial charge in [0.15, 0.2) is 11.5 Å². The molecule has 0 saturated carbocycles. The number of ketones is 1. The van der Waals surface area contributed by atoms with Gasteiger partial charge in [-0.25, -0.2) is 15.0 Å². The van der Waals surface area contributed by atoms with Gasteiger partial charge in [0.05, 0.1) is 25.5 Å². The number of amides is 1. The highest BCUT2D eigenvalue weighted by atomic mass is 35.5. The molecule has 9 heteroatoms. The van der Waals surface area contributed by atoms with E-state index < -0.39 is 14.0 Å². The average Bonchev–Trinajstić information content (AvgIpc) is 2.48. The molecule has 132 valence electrons. The van der Waals surface area contributed by atoms with E-state index in [-0.39, 0.29) is 28.0 Å². The van der Waals surface area contributed by atoms with Crippen molar-refractivity contribution in [3.05, 3.63) is 40.9 Å². The second-order valence-electron chi connectivity index (χ2n) is 6.74. The first-order chi connectivity index (χ1) is 11.6. The van der Waals surface area contributed by atoms with Crippen LogP contribution in [0.15, 0.2) is 24.4 Å². The Morgan fingerprint density at radius 2 is 1.92 bits per heavy atom. The van der Waals surface area contributed by atoms with Crippen molar-refractivity contribution in [3.63, 3.8) is 0 Å². The van der Waals surface area contributed by atoms with E-state index in [1.807, 2.05) is 0 Å². The fraction of sp³-hybridized carbons (Fsp3) is 0.312. The van der Waals surface area contributed by atoms with Gasteiger partial charge in [0.1, 0.15) is 16.8 Å². The number of carbonyl (C=O) groups excluding carboxylic acids is 2. The minimum atomic E-state index is -1.82. The number of nitrogens with one attached hydrogen (secondary N) is 1. The Bertz CT molecular complexity index is 822. The maximum atomic E-state index is 12.3. The van der Waals surface area contributed by atoms with Crippen LogP contribution in [0.1, 0.15) is 28.6 Å². The van der Waals surface area contributed by atoms with E-state index in [2.05, 4.69) is 39.9 Å². The lowest BCUT2D eigenvalue weighted by molar-refractivity contribution is -0.117. The normalized spacial score (nSPS) is 12.5. The van der Waals surface area contributed by atoms with Gasteiger partial charge in [-0.05, 0) is 19.1 Å². The number of pyridine rings is 1. The Balaban J connectivity index is 2.31. The van der Waals surface area contributed by atoms with Crippen LogP contribution in [0.2, 0.25) is 24.8 Å². The molecule has 2 rings (SSSR count). The minimum absolute atomic E-state index is 0.0261. The van der Waals surface area contributed by atoms with Gasteiger partial charge >= 0.3 is 0 Å². The topological polar surface area (TPSA) is 111 Å². The maximum Gasteiger partial charge on any atom is 0.279 e. The number of nitrogens with zero attached hydrogens (tertiary/aromatic N) is 3. The van der Waals surface area contributed by atoms with E-state index in [1.165, 1.54) is 6.20 Å². The number of anilines is 2. The van der Waals surface area contributed by atoms with Gasteiger partial charge in [-0.15, -0.1) is 0 Å². The number of aromatic nitrogens is 3. The summed E-state index contributed by atoms with van der Waals surface area (Å²) >= 11 is 5.76. The molecule has 3 N–H and O–H groups in total. The molecule has 2 aromatic heterocycles. The fourth-order valence-corrected chi connectivity index (χ4v) is 5.06. The van der Waals surface area contributed by atoms with Crippen molar-refractivity contribution >= 4 is 43.0 Å². The standard InChI is InChI=1S/C16H20ClN5O2Si/c1-9(23)14(25(2,3)4)10-6-5-7-12(20-10)22-16(24)13-15(18)19-8-11(17)21-13/h5-8,14H,1-4H3,(H2,18,19)(H,20,22,24). The highest BCUT2D eigenvalue weighted by Gasteiger charge is 2.33. The molecule has 0 fully saturated rings. The number of Topliss-reactive ketones (excluding diaryl/α,β-unsaturated/α-hetero) is 1. The zero-order valence-corrected chi connectivity index (χ0v) is 16.3. The summed E-state index contributed by atoms with van der Waals surface area (Å²) in [5.41, 5.74) is 5.99. The number of halogens is 1. The largest absolute Gasteiger partial charge is 0.382 e. The molecule has 0 aliphatic heterocycles. The number of nitrogen functional groups attached to an aromatic ring is 1. The van der Waals surface area contributed by atoms with Crippen molar-refractivity contribution in [2.24, 2.45) is 0 Å². The van der Waals surface area contributed by atoms with Gasteiger partial charge in [0.2, 0.25) is 0 Å². The molecule has 25 heavy (non-hydrogen) atoms. The number of rotatable bonds is 5. The third kappa shape index (κ3) is 4.61. The average molecular weight is 378 g/mol. The van der Waals surface area contributed by atoms with Crippen LogP contribution < -0.4 is 11.1 Å². The first-order valence-electron chi connectivity index (χ1n) is 7.66. The van der Waals surface area contributed by atoms with E-state index in [0.29, 0.717) is 11.5 Å². The van der Waals surface area contributed by atoms with Crippen molar-refractivity contribution < 1.29 is 9.59 Å². The monoisotopic (exact) mass is 377 g/mol. The molecule has 0 radical (unpaired) electrons. The van der Waals surface area contributed by atoms with E-state index in [9.17, 15) is 9.59 Å². The summed E-state index contributed by atoms with van der Waals surface area (Å²) in [6.07, 6.45) is 1.26. The molecule has 7 nitrogen and oxygen atoms in total. The van der Waals surface area contributed by atoms with Gasteiger partial charge < -0.3 is 11.1 Å². The Morgan fingerprint density at radius 1 is 1.24 bits per heavy atom. The molecule has 2 aromatic rings. The molecule has 2 heterocycles. The van der Waals surface area contributed by atoms with E-state index in [1.54, 1.807) is 25.1 Å². The SMILES string of the molecule is CC(=O)C(c1cccc(NC(=O)c2nc(Cl)cnc2N)n1)[Si](C)(C)C. The Labute approximate surface area is 152 Å². The third-order valence-corrected chi connectivity index (χ3v) is 6.18. The summed E-state index contributed by atoms with van der Waals surface area (Å²) < 4.78 is 0. The van der Waals surface area contributed by atoms with Crippen LogP contribution in [0.5, 0.6) is 0 Å². The summed E-state index contributed by atoms with van der Waals surface area (Å²) in [5, 5.41) is 2.69. The van der Waals surface area contributed by atoms with Crippen LogP contribution >= 0.6 is 11.6 Å². The van der Waals surface area contributed by atoms with Crippen LogP contribution in [-0.2, 0) is 4.79 Å². The lowest BCUT2D eigenvalue weighted by Crippen LogP contribution is -2.36. The summed E-state index contributed by atoms with van der Waals surface area (Å²) in [4.78, 5) is 36.6. The molecule has 0 bridgehead atoms. The summed E-state index contributed by atoms with van der Waals surface area (Å²) in [6.45, 7) is 7.88. The second-order valence-corrected chi connectivity index (χ2v) is 12.4. The minimum Gasteiger partial charge on any atom is -0.382 e. The van der Waals surface area contributed by atoms with Crippen LogP contribution in [0, 0.1) is 0 Å². The zero-order valence-electron chi connectivity index (χ0n) is 14.5. The lowest BCUT2D eigenvalue weighted by Gasteiger charge is -2.26. The summed E-state index contributed by atoms with van der Waals surface area (Å²) in [5.74, 6) is -0.209. The molecular formula is C16H20ClN5O2Si. The van der Waals surface area contributed by atoms with Crippen LogP contribution in [0.4, 0.5) is 11.6 Å². The molecule has 0 saturated heterocycles. The predicted octanol–water partition coefficient (Wildman–Crippen LogP) is 2.91. The Morgan fingerprint density at radius 3 is 2.52 bits per heavy atom. The summed E-state index contributed by atoms with van der Waals surface area (Å²) in [7, 11) is -1.82. The molecule has 1 amide bonds. The highest BCUT2D eigenvalue weighted by Crippen LogP contribution is 2.27. The highest BCUT2D eigenvalue weighted by molar-refractivity contribution is 6.80. The van der Waals surface area contributed by atoms with Crippen LogP contribution in [0.3, 0.4) is 0 Å². The van der Waals surface area contributed by atoms with E-state index in [0.717, 1.165) is 0 Å². The van der Waals surface area contributed by atoms with Gasteiger partial charge in [-0.3, -0.25) is 9.59 Å². The molecular weight excluding hydrogens is 358 g/mol. The second kappa shape index (κ2) is 7.28. The van der Waals surface area contributed by atoms with Gasteiger partial charge in [-0.1, -0.05) is 37.3 Å². The molecule has 0 spiro atoms. The van der Waals surface area contributed by atoms with Crippen molar-refractivity contribution in [2.45, 2.75) is 32.1 Å².